The Kier molecular flexibility index (Phi) is 6.45. The normalized spacial score (nSPS) is 19.2. The molecule has 1 heterocycles. The largest absolute Gasteiger partial charge is 0.500 e. The van der Waals surface area contributed by atoms with E-state index >= 15 is 0 Å². The summed E-state index contributed by atoms with van der Waals surface area (Å²) in [7, 11) is -0.121. The van der Waals surface area contributed by atoms with Gasteiger partial charge in [-0.1, -0.05) is 28.7 Å². The van der Waals surface area contributed by atoms with E-state index in [0.29, 0.717) is 5.88 Å². The molecule has 0 atom stereocenters. The van der Waals surface area contributed by atoms with Crippen LogP contribution in [0.2, 0.25) is 0 Å². The summed E-state index contributed by atoms with van der Waals surface area (Å²) in [6.45, 7) is 1.61. The Morgan fingerprint density at radius 1 is 1.46 bits per heavy atom. The van der Waals surface area contributed by atoms with Gasteiger partial charge in [0.05, 0.1) is 0 Å². The van der Waals surface area contributed by atoms with E-state index in [-0.39, 0.29) is 7.12 Å². The van der Waals surface area contributed by atoms with Crippen molar-refractivity contribution in [3.63, 3.8) is 0 Å². The van der Waals surface area contributed by atoms with Crippen molar-refractivity contribution in [3.8, 4) is 0 Å². The molecule has 1 aliphatic heterocycles. The van der Waals surface area contributed by atoms with Crippen molar-refractivity contribution in [3.05, 3.63) is 9.56 Å². The first-order chi connectivity index (χ1) is 6.34. The predicted molar refractivity (Wildman–Crippen MR) is 64.3 cm³/mol. The number of hydrogen-bond donors (Lipinski definition) is 0. The average molecular weight is 314 g/mol. The van der Waals surface area contributed by atoms with Crippen LogP contribution in [-0.4, -0.2) is 26.2 Å². The van der Waals surface area contributed by atoms with Gasteiger partial charge in [-0.3, -0.25) is 0 Å². The minimum atomic E-state index is -0.121. The molecule has 0 aromatic carbocycles. The van der Waals surface area contributed by atoms with Gasteiger partial charge in [0.2, 0.25) is 0 Å². The van der Waals surface area contributed by atoms with Gasteiger partial charge in [0.1, 0.15) is 0 Å². The van der Waals surface area contributed by atoms with Crippen LogP contribution in [-0.2, 0) is 9.31 Å². The van der Waals surface area contributed by atoms with Crippen molar-refractivity contribution in [1.82, 2.24) is 0 Å². The third-order valence-corrected chi connectivity index (χ3v) is 2.95. The summed E-state index contributed by atoms with van der Waals surface area (Å²) in [6.07, 6.45) is 5.16. The molecule has 74 valence electrons. The quantitative estimate of drug-likeness (QED) is 0.344. The molecule has 0 spiro atoms. The Bertz CT molecular complexity index is 172. The molecule has 1 rings (SSSR count). The summed E-state index contributed by atoms with van der Waals surface area (Å²) in [5.74, 6) is 0.715. The predicted octanol–water partition coefficient (Wildman–Crippen LogP) is 2.79. The summed E-state index contributed by atoms with van der Waals surface area (Å²) in [5.41, 5.74) is 0. The third kappa shape index (κ3) is 4.67. The van der Waals surface area contributed by atoms with Crippen LogP contribution >= 0.6 is 34.2 Å². The van der Waals surface area contributed by atoms with Gasteiger partial charge < -0.3 is 9.31 Å². The van der Waals surface area contributed by atoms with Gasteiger partial charge in [-0.15, -0.1) is 11.6 Å². The molecule has 0 amide bonds. The van der Waals surface area contributed by atoms with E-state index in [1.165, 1.54) is 0 Å². The molecule has 0 unspecified atom stereocenters. The Labute approximate surface area is 98.3 Å². The second kappa shape index (κ2) is 7.09. The highest BCUT2D eigenvalue weighted by molar-refractivity contribution is 14.1. The maximum atomic E-state index is 5.58. The van der Waals surface area contributed by atoms with Crippen LogP contribution in [0.25, 0.3) is 0 Å². The Balaban J connectivity index is 2.27. The molecule has 0 aromatic heterocycles. The Morgan fingerprint density at radius 3 is 2.77 bits per heavy atom. The molecule has 1 fully saturated rings. The van der Waals surface area contributed by atoms with Crippen molar-refractivity contribution in [2.24, 2.45) is 0 Å². The van der Waals surface area contributed by atoms with Gasteiger partial charge in [-0.25, -0.2) is 0 Å². The third-order valence-electron chi connectivity index (χ3n) is 1.73. The van der Waals surface area contributed by atoms with Gasteiger partial charge in [0, 0.05) is 22.6 Å². The fourth-order valence-electron chi connectivity index (χ4n) is 1.06. The first-order valence-electron chi connectivity index (χ1n) is 4.49. The van der Waals surface area contributed by atoms with E-state index in [0.717, 1.165) is 36.0 Å². The molecule has 5 heteroatoms. The van der Waals surface area contributed by atoms with E-state index in [1.807, 2.05) is 0 Å². The van der Waals surface area contributed by atoms with Crippen molar-refractivity contribution >= 4 is 41.3 Å². The highest BCUT2D eigenvalue weighted by Crippen LogP contribution is 2.17. The summed E-state index contributed by atoms with van der Waals surface area (Å²) < 4.78 is 12.0. The molecular weight excluding hydrogens is 301 g/mol. The highest BCUT2D eigenvalue weighted by Gasteiger charge is 2.24. The molecular formula is C8H13BClIO2. The number of halogens is 2. The van der Waals surface area contributed by atoms with E-state index in [1.54, 1.807) is 0 Å². The number of rotatable bonds is 4. The van der Waals surface area contributed by atoms with E-state index in [2.05, 4.69) is 28.7 Å². The lowest BCUT2D eigenvalue weighted by Gasteiger charge is -2.19. The zero-order chi connectivity index (χ0) is 9.52. The van der Waals surface area contributed by atoms with Crippen LogP contribution in [0.5, 0.6) is 0 Å². The smallest absolute Gasteiger partial charge is 0.407 e. The van der Waals surface area contributed by atoms with Gasteiger partial charge in [0.15, 0.2) is 0 Å². The molecule has 0 N–H and O–H groups in total. The summed E-state index contributed by atoms with van der Waals surface area (Å²) >= 11 is 7.85. The van der Waals surface area contributed by atoms with Gasteiger partial charge in [-0.2, -0.15) is 0 Å². The zero-order valence-corrected chi connectivity index (χ0v) is 10.4. The van der Waals surface area contributed by atoms with Crippen molar-refractivity contribution in [2.45, 2.75) is 19.3 Å². The second-order valence-electron chi connectivity index (χ2n) is 2.85. The average Bonchev–Trinajstić information content (AvgIpc) is 2.19. The molecule has 1 aliphatic rings. The summed E-state index contributed by atoms with van der Waals surface area (Å²) in [6, 6.07) is 0. The van der Waals surface area contributed by atoms with E-state index < -0.39 is 0 Å². The molecule has 0 radical (unpaired) electrons. The van der Waals surface area contributed by atoms with E-state index in [4.69, 9.17) is 20.9 Å². The summed E-state index contributed by atoms with van der Waals surface area (Å²) in [4.78, 5) is 0. The summed E-state index contributed by atoms with van der Waals surface area (Å²) in [5, 5.41) is 0. The number of allylic oxidation sites excluding steroid dienone is 1. The van der Waals surface area contributed by atoms with Crippen molar-refractivity contribution < 1.29 is 9.31 Å². The lowest BCUT2D eigenvalue weighted by Crippen LogP contribution is -2.30. The fraction of sp³-hybridized carbons (Fsp3) is 0.750. The minimum Gasteiger partial charge on any atom is -0.407 e. The topological polar surface area (TPSA) is 18.5 Å². The van der Waals surface area contributed by atoms with E-state index in [9.17, 15) is 0 Å². The number of unbranched alkanes of at least 4 members (excludes halogenated alkanes) is 1. The SMILES string of the molecule is ClCCC/C=C(\I)B1OCCCO1. The second-order valence-corrected chi connectivity index (χ2v) is 4.47. The van der Waals surface area contributed by atoms with Crippen molar-refractivity contribution in [1.29, 1.82) is 0 Å². The van der Waals surface area contributed by atoms with Crippen molar-refractivity contribution in [2.75, 3.05) is 19.1 Å². The van der Waals surface area contributed by atoms with Gasteiger partial charge in [0.25, 0.3) is 0 Å². The van der Waals surface area contributed by atoms with Crippen LogP contribution in [0, 0.1) is 0 Å². The Morgan fingerprint density at radius 2 is 2.15 bits per heavy atom. The van der Waals surface area contributed by atoms with Gasteiger partial charge >= 0.3 is 7.12 Å². The zero-order valence-electron chi connectivity index (χ0n) is 7.47. The standard InChI is InChI=1S/C8H13BClIO2/c10-5-2-1-4-8(11)9-12-6-3-7-13-9/h4H,1-3,5-7H2/b8-4-. The molecule has 1 saturated heterocycles. The monoisotopic (exact) mass is 314 g/mol. The van der Waals surface area contributed by atoms with Crippen LogP contribution in [0.4, 0.5) is 0 Å². The van der Waals surface area contributed by atoms with Crippen LogP contribution in [0.3, 0.4) is 0 Å². The molecule has 0 bridgehead atoms. The first-order valence-corrected chi connectivity index (χ1v) is 6.10. The minimum absolute atomic E-state index is 0.121. The maximum absolute atomic E-state index is 5.58. The van der Waals surface area contributed by atoms with Crippen LogP contribution in [0.1, 0.15) is 19.3 Å². The molecule has 13 heavy (non-hydrogen) atoms. The molecule has 0 aliphatic carbocycles. The molecule has 0 saturated carbocycles. The number of hydrogen-bond acceptors (Lipinski definition) is 2. The lowest BCUT2D eigenvalue weighted by atomic mass is 9.88. The fourth-order valence-corrected chi connectivity index (χ4v) is 1.89. The molecule has 2 nitrogen and oxygen atoms in total. The Hall–Kier alpha value is 0.745. The lowest BCUT2D eigenvalue weighted by molar-refractivity contribution is 0.142. The van der Waals surface area contributed by atoms with Crippen LogP contribution < -0.4 is 0 Å². The number of alkyl halides is 1. The maximum Gasteiger partial charge on any atom is 0.500 e. The highest BCUT2D eigenvalue weighted by atomic mass is 127. The first kappa shape index (κ1) is 11.8. The van der Waals surface area contributed by atoms with Crippen LogP contribution in [0.15, 0.2) is 9.56 Å². The molecule has 0 aromatic rings. The van der Waals surface area contributed by atoms with Gasteiger partial charge in [-0.05, 0) is 19.3 Å².